The third-order valence-electron chi connectivity index (χ3n) is 4.26. The van der Waals surface area contributed by atoms with Gasteiger partial charge >= 0.3 is 0 Å². The first-order valence-corrected chi connectivity index (χ1v) is 7.48. The summed E-state index contributed by atoms with van der Waals surface area (Å²) in [7, 11) is 3.36. The first-order valence-electron chi connectivity index (χ1n) is 7.48. The molecule has 1 aromatic carbocycles. The van der Waals surface area contributed by atoms with Gasteiger partial charge < -0.3 is 14.6 Å². The van der Waals surface area contributed by atoms with Crippen LogP contribution < -0.4 is 9.47 Å². The zero-order valence-electron chi connectivity index (χ0n) is 13.2. The maximum absolute atomic E-state index is 9.01. The average Bonchev–Trinajstić information content (AvgIpc) is 2.54. The summed E-state index contributed by atoms with van der Waals surface area (Å²) in [6.07, 6.45) is 0. The van der Waals surface area contributed by atoms with E-state index >= 15 is 0 Å². The predicted molar refractivity (Wildman–Crippen MR) is 83.1 cm³/mol. The SMILES string of the molecule is COc1ccc(C(C)N2CCN(CCO)CC2)c(OC)c1. The second-order valence-electron chi connectivity index (χ2n) is 5.39. The molecule has 0 spiro atoms. The van der Waals surface area contributed by atoms with Crippen molar-refractivity contribution in [3.8, 4) is 11.5 Å². The van der Waals surface area contributed by atoms with Crippen LogP contribution in [0.2, 0.25) is 0 Å². The fraction of sp³-hybridized carbons (Fsp3) is 0.625. The number of hydrogen-bond donors (Lipinski definition) is 1. The zero-order valence-corrected chi connectivity index (χ0v) is 13.2. The van der Waals surface area contributed by atoms with Crippen LogP contribution in [0.4, 0.5) is 0 Å². The molecule has 1 heterocycles. The van der Waals surface area contributed by atoms with Crippen molar-refractivity contribution in [3.05, 3.63) is 23.8 Å². The fourth-order valence-electron chi connectivity index (χ4n) is 2.88. The Morgan fingerprint density at radius 2 is 1.86 bits per heavy atom. The summed E-state index contributed by atoms with van der Waals surface area (Å²) in [6, 6.07) is 6.31. The van der Waals surface area contributed by atoms with E-state index in [0.29, 0.717) is 6.04 Å². The van der Waals surface area contributed by atoms with Gasteiger partial charge in [-0.05, 0) is 13.0 Å². The maximum atomic E-state index is 9.01. The summed E-state index contributed by atoms with van der Waals surface area (Å²) in [5.41, 5.74) is 1.19. The van der Waals surface area contributed by atoms with Gasteiger partial charge in [-0.15, -0.1) is 0 Å². The van der Waals surface area contributed by atoms with E-state index in [1.54, 1.807) is 14.2 Å². The van der Waals surface area contributed by atoms with Crippen molar-refractivity contribution < 1.29 is 14.6 Å². The number of piperazine rings is 1. The minimum atomic E-state index is 0.238. The largest absolute Gasteiger partial charge is 0.497 e. The summed E-state index contributed by atoms with van der Waals surface area (Å²) < 4.78 is 10.8. The standard InChI is InChI=1S/C16H26N2O3/c1-13(18-8-6-17(7-9-18)10-11-19)15-5-4-14(20-2)12-16(15)21-3/h4-5,12-13,19H,6-11H2,1-3H3. The maximum Gasteiger partial charge on any atom is 0.127 e. The highest BCUT2D eigenvalue weighted by Crippen LogP contribution is 2.32. The Labute approximate surface area is 127 Å². The van der Waals surface area contributed by atoms with Crippen LogP contribution in [0.25, 0.3) is 0 Å². The molecule has 0 radical (unpaired) electrons. The number of aliphatic hydroxyl groups excluding tert-OH is 1. The molecule has 0 saturated carbocycles. The van der Waals surface area contributed by atoms with E-state index in [9.17, 15) is 0 Å². The van der Waals surface area contributed by atoms with E-state index < -0.39 is 0 Å². The number of rotatable bonds is 6. The van der Waals surface area contributed by atoms with Gasteiger partial charge in [0.05, 0.1) is 20.8 Å². The molecule has 1 aliphatic heterocycles. The molecule has 2 rings (SSSR count). The number of nitrogens with zero attached hydrogens (tertiary/aromatic N) is 2. The molecule has 1 aliphatic rings. The van der Waals surface area contributed by atoms with Crippen LogP contribution in [-0.2, 0) is 0 Å². The molecule has 0 bridgehead atoms. The molecule has 1 fully saturated rings. The van der Waals surface area contributed by atoms with Gasteiger partial charge in [0.2, 0.25) is 0 Å². The topological polar surface area (TPSA) is 45.2 Å². The van der Waals surface area contributed by atoms with Crippen molar-refractivity contribution >= 4 is 0 Å². The summed E-state index contributed by atoms with van der Waals surface area (Å²) in [5.74, 6) is 1.69. The number of ether oxygens (including phenoxy) is 2. The van der Waals surface area contributed by atoms with Gasteiger partial charge in [0.25, 0.3) is 0 Å². The third-order valence-corrected chi connectivity index (χ3v) is 4.26. The number of β-amino-alcohol motifs (C(OH)–C–C–N with tert-alkyl or cyclic N) is 1. The summed E-state index contributed by atoms with van der Waals surface area (Å²) >= 11 is 0. The average molecular weight is 294 g/mol. The molecule has 5 heteroatoms. The Morgan fingerprint density at radius 3 is 2.43 bits per heavy atom. The van der Waals surface area contributed by atoms with Gasteiger partial charge in [-0.1, -0.05) is 6.07 Å². The third kappa shape index (κ3) is 3.87. The second-order valence-corrected chi connectivity index (χ2v) is 5.39. The van der Waals surface area contributed by atoms with E-state index in [-0.39, 0.29) is 6.61 Å². The van der Waals surface area contributed by atoms with E-state index in [1.807, 2.05) is 12.1 Å². The van der Waals surface area contributed by atoms with Crippen LogP contribution in [0.1, 0.15) is 18.5 Å². The summed E-state index contributed by atoms with van der Waals surface area (Å²) in [6.45, 7) is 7.25. The minimum Gasteiger partial charge on any atom is -0.497 e. The van der Waals surface area contributed by atoms with Crippen molar-refractivity contribution in [1.82, 2.24) is 9.80 Å². The predicted octanol–water partition coefficient (Wildman–Crippen LogP) is 1.37. The molecule has 1 N–H and O–H groups in total. The summed E-state index contributed by atoms with van der Waals surface area (Å²) in [5, 5.41) is 9.01. The lowest BCUT2D eigenvalue weighted by molar-refractivity contribution is 0.0880. The molecule has 0 aromatic heterocycles. The molecule has 1 saturated heterocycles. The molecule has 5 nitrogen and oxygen atoms in total. The number of benzene rings is 1. The summed E-state index contributed by atoms with van der Waals surface area (Å²) in [4.78, 5) is 4.76. The molecule has 1 atom stereocenters. The number of aliphatic hydroxyl groups is 1. The Morgan fingerprint density at radius 1 is 1.14 bits per heavy atom. The van der Waals surface area contributed by atoms with Crippen molar-refractivity contribution in [3.63, 3.8) is 0 Å². The van der Waals surface area contributed by atoms with Crippen LogP contribution in [0.5, 0.6) is 11.5 Å². The molecule has 21 heavy (non-hydrogen) atoms. The van der Waals surface area contributed by atoms with Gasteiger partial charge in [0.1, 0.15) is 11.5 Å². The van der Waals surface area contributed by atoms with E-state index in [4.69, 9.17) is 14.6 Å². The van der Waals surface area contributed by atoms with Gasteiger partial charge in [-0.2, -0.15) is 0 Å². The first kappa shape index (κ1) is 16.1. The molecule has 118 valence electrons. The smallest absolute Gasteiger partial charge is 0.127 e. The Balaban J connectivity index is 2.05. The lowest BCUT2D eigenvalue weighted by Crippen LogP contribution is -2.47. The Hall–Kier alpha value is -1.30. The van der Waals surface area contributed by atoms with Gasteiger partial charge in [0.15, 0.2) is 0 Å². The molecule has 1 unspecified atom stereocenters. The molecular formula is C16H26N2O3. The highest BCUT2D eigenvalue weighted by molar-refractivity contribution is 5.42. The zero-order chi connectivity index (χ0) is 15.2. The molecule has 0 aliphatic carbocycles. The lowest BCUT2D eigenvalue weighted by atomic mass is 10.0. The quantitative estimate of drug-likeness (QED) is 0.858. The minimum absolute atomic E-state index is 0.238. The Bertz CT molecular complexity index is 445. The Kier molecular flexibility index (Phi) is 5.85. The molecule has 1 aromatic rings. The highest BCUT2D eigenvalue weighted by Gasteiger charge is 2.23. The van der Waals surface area contributed by atoms with E-state index in [2.05, 4.69) is 22.8 Å². The monoisotopic (exact) mass is 294 g/mol. The van der Waals surface area contributed by atoms with Crippen LogP contribution in [-0.4, -0.2) is 68.5 Å². The van der Waals surface area contributed by atoms with Gasteiger partial charge in [0, 0.05) is 50.4 Å². The lowest BCUT2D eigenvalue weighted by Gasteiger charge is -2.38. The first-order chi connectivity index (χ1) is 10.2. The van der Waals surface area contributed by atoms with Gasteiger partial charge in [-0.3, -0.25) is 9.80 Å². The van der Waals surface area contributed by atoms with Crippen molar-refractivity contribution in [2.75, 3.05) is 53.6 Å². The fourth-order valence-corrected chi connectivity index (χ4v) is 2.88. The molecular weight excluding hydrogens is 268 g/mol. The van der Waals surface area contributed by atoms with Crippen LogP contribution >= 0.6 is 0 Å². The molecule has 0 amide bonds. The van der Waals surface area contributed by atoms with E-state index in [1.165, 1.54) is 5.56 Å². The van der Waals surface area contributed by atoms with Gasteiger partial charge in [-0.25, -0.2) is 0 Å². The van der Waals surface area contributed by atoms with Crippen molar-refractivity contribution in [2.45, 2.75) is 13.0 Å². The number of methoxy groups -OCH3 is 2. The van der Waals surface area contributed by atoms with Crippen LogP contribution in [0.3, 0.4) is 0 Å². The van der Waals surface area contributed by atoms with Crippen molar-refractivity contribution in [2.24, 2.45) is 0 Å². The number of hydrogen-bond acceptors (Lipinski definition) is 5. The second kappa shape index (κ2) is 7.64. The van der Waals surface area contributed by atoms with Crippen molar-refractivity contribution in [1.29, 1.82) is 0 Å². The van der Waals surface area contributed by atoms with Crippen LogP contribution in [0, 0.1) is 0 Å². The van der Waals surface area contributed by atoms with E-state index in [0.717, 1.165) is 44.2 Å². The van der Waals surface area contributed by atoms with Crippen LogP contribution in [0.15, 0.2) is 18.2 Å². The normalized spacial score (nSPS) is 18.5. The highest BCUT2D eigenvalue weighted by atomic mass is 16.5.